The fourth-order valence-electron chi connectivity index (χ4n) is 0.882. The van der Waals surface area contributed by atoms with E-state index in [0.29, 0.717) is 5.75 Å². The third-order valence-electron chi connectivity index (χ3n) is 1.41. The van der Waals surface area contributed by atoms with Gasteiger partial charge in [0.05, 0.1) is 0 Å². The molecule has 1 amide bonds. The average Bonchev–Trinajstić information content (AvgIpc) is 2.34. The van der Waals surface area contributed by atoms with Gasteiger partial charge in [0.25, 0.3) is 0 Å². The number of amides is 1. The van der Waals surface area contributed by atoms with Crippen molar-refractivity contribution < 1.29 is 14.7 Å². The van der Waals surface area contributed by atoms with E-state index in [1.165, 1.54) is 18.7 Å². The first-order chi connectivity index (χ1) is 5.59. The molecule has 2 atom stereocenters. The molecule has 68 valence electrons. The van der Waals surface area contributed by atoms with Crippen LogP contribution in [0.5, 0.6) is 0 Å². The zero-order valence-electron chi connectivity index (χ0n) is 6.53. The Balaban J connectivity index is 2.35. The second kappa shape index (κ2) is 3.77. The van der Waals surface area contributed by atoms with Gasteiger partial charge in [0.2, 0.25) is 5.91 Å². The van der Waals surface area contributed by atoms with E-state index in [1.807, 2.05) is 0 Å². The monoisotopic (exact) mass is 190 g/mol. The Morgan fingerprint density at radius 1 is 1.67 bits per heavy atom. The van der Waals surface area contributed by atoms with Crippen LogP contribution in [0.4, 0.5) is 0 Å². The van der Waals surface area contributed by atoms with Gasteiger partial charge in [-0.15, -0.1) is 11.8 Å². The second-order valence-corrected chi connectivity index (χ2v) is 3.61. The number of rotatable bonds is 2. The minimum atomic E-state index is -0.879. The number of carboxylic acid groups (broad SMARTS) is 1. The van der Waals surface area contributed by atoms with Gasteiger partial charge in [0, 0.05) is 12.7 Å². The summed E-state index contributed by atoms with van der Waals surface area (Å²) in [6.45, 7) is 1.40. The molecule has 6 heteroatoms. The van der Waals surface area contributed by atoms with Crippen LogP contribution in [-0.2, 0) is 9.59 Å². The Bertz CT molecular complexity index is 209. The Labute approximate surface area is 73.9 Å². The smallest absolute Gasteiger partial charge is 0.321 e. The summed E-state index contributed by atoms with van der Waals surface area (Å²) in [6.07, 6.45) is 0. The normalized spacial score (nSPS) is 28.4. The van der Waals surface area contributed by atoms with Crippen molar-refractivity contribution in [3.63, 3.8) is 0 Å². The molecular formula is C6H10N2O3S. The van der Waals surface area contributed by atoms with Crippen molar-refractivity contribution >= 4 is 23.6 Å². The van der Waals surface area contributed by atoms with Crippen LogP contribution in [0.1, 0.15) is 6.92 Å². The van der Waals surface area contributed by atoms with Gasteiger partial charge in [-0.05, 0) is 0 Å². The average molecular weight is 190 g/mol. The van der Waals surface area contributed by atoms with E-state index < -0.39 is 12.0 Å². The molecular weight excluding hydrogens is 180 g/mol. The topological polar surface area (TPSA) is 78.4 Å². The number of aliphatic carboxylic acids is 1. The summed E-state index contributed by atoms with van der Waals surface area (Å²) in [6, 6.07) is -0.549. The molecule has 0 spiro atoms. The van der Waals surface area contributed by atoms with Crippen LogP contribution < -0.4 is 10.6 Å². The summed E-state index contributed by atoms with van der Waals surface area (Å²) in [5, 5.41) is 13.9. The van der Waals surface area contributed by atoms with Crippen molar-refractivity contribution in [3.05, 3.63) is 0 Å². The summed E-state index contributed by atoms with van der Waals surface area (Å²) in [5.74, 6) is -0.554. The quantitative estimate of drug-likeness (QED) is 0.531. The number of carbonyl (C=O) groups excluding carboxylic acids is 1. The first-order valence-corrected chi connectivity index (χ1v) is 4.52. The maximum absolute atomic E-state index is 10.6. The summed E-state index contributed by atoms with van der Waals surface area (Å²) < 4.78 is 0. The van der Waals surface area contributed by atoms with Crippen LogP contribution in [0.3, 0.4) is 0 Å². The van der Waals surface area contributed by atoms with E-state index in [4.69, 9.17) is 5.11 Å². The number of nitrogens with one attached hydrogen (secondary N) is 2. The number of hydrogen-bond acceptors (Lipinski definition) is 4. The zero-order chi connectivity index (χ0) is 9.14. The number of thioether (sulfide) groups is 1. The van der Waals surface area contributed by atoms with Gasteiger partial charge < -0.3 is 10.4 Å². The van der Waals surface area contributed by atoms with E-state index in [-0.39, 0.29) is 11.4 Å². The lowest BCUT2D eigenvalue weighted by Gasteiger charge is -2.10. The Kier molecular flexibility index (Phi) is 2.93. The van der Waals surface area contributed by atoms with Crippen molar-refractivity contribution in [3.8, 4) is 0 Å². The summed E-state index contributed by atoms with van der Waals surface area (Å²) >= 11 is 1.38. The predicted molar refractivity (Wildman–Crippen MR) is 44.6 cm³/mol. The minimum Gasteiger partial charge on any atom is -0.480 e. The van der Waals surface area contributed by atoms with Crippen LogP contribution in [0.25, 0.3) is 0 Å². The van der Waals surface area contributed by atoms with Gasteiger partial charge in [-0.25, -0.2) is 0 Å². The molecule has 1 heterocycles. The fourth-order valence-corrected chi connectivity index (χ4v) is 2.02. The number of carboxylic acids is 1. The molecule has 1 aliphatic rings. The van der Waals surface area contributed by atoms with E-state index in [1.54, 1.807) is 0 Å². The van der Waals surface area contributed by atoms with Gasteiger partial charge >= 0.3 is 5.97 Å². The molecule has 0 aromatic rings. The highest BCUT2D eigenvalue weighted by molar-refractivity contribution is 8.00. The molecule has 1 fully saturated rings. The maximum Gasteiger partial charge on any atom is 0.321 e. The zero-order valence-corrected chi connectivity index (χ0v) is 7.35. The summed E-state index contributed by atoms with van der Waals surface area (Å²) in [4.78, 5) is 21.0. The first kappa shape index (κ1) is 9.34. The molecule has 0 aliphatic carbocycles. The molecule has 2 unspecified atom stereocenters. The standard InChI is InChI=1S/C6H10N2O3S/c1-3(9)7-6-8-4(2-12-6)5(10)11/h4,6,8H,2H2,1H3,(H,7,9)(H,10,11). The molecule has 12 heavy (non-hydrogen) atoms. The summed E-state index contributed by atoms with van der Waals surface area (Å²) in [5.41, 5.74) is -0.261. The van der Waals surface area contributed by atoms with Crippen LogP contribution >= 0.6 is 11.8 Å². The van der Waals surface area contributed by atoms with Gasteiger partial charge in [0.15, 0.2) is 0 Å². The van der Waals surface area contributed by atoms with E-state index in [0.717, 1.165) is 0 Å². The van der Waals surface area contributed by atoms with Gasteiger partial charge in [-0.1, -0.05) is 0 Å². The lowest BCUT2D eigenvalue weighted by Crippen LogP contribution is -2.44. The van der Waals surface area contributed by atoms with Crippen LogP contribution in [0.2, 0.25) is 0 Å². The summed E-state index contributed by atoms with van der Waals surface area (Å²) in [7, 11) is 0. The van der Waals surface area contributed by atoms with Gasteiger partial charge in [0.1, 0.15) is 11.5 Å². The van der Waals surface area contributed by atoms with Crippen LogP contribution in [0.15, 0.2) is 0 Å². The third kappa shape index (κ3) is 2.38. The van der Waals surface area contributed by atoms with Crippen molar-refractivity contribution in [1.29, 1.82) is 0 Å². The van der Waals surface area contributed by atoms with Crippen molar-refractivity contribution in [2.75, 3.05) is 5.75 Å². The lowest BCUT2D eigenvalue weighted by atomic mass is 10.3. The largest absolute Gasteiger partial charge is 0.480 e. The highest BCUT2D eigenvalue weighted by Crippen LogP contribution is 2.16. The molecule has 1 saturated heterocycles. The maximum atomic E-state index is 10.6. The fraction of sp³-hybridized carbons (Fsp3) is 0.667. The molecule has 1 rings (SSSR count). The van der Waals surface area contributed by atoms with Crippen molar-refractivity contribution in [1.82, 2.24) is 10.6 Å². The Morgan fingerprint density at radius 3 is 2.75 bits per heavy atom. The van der Waals surface area contributed by atoms with E-state index in [2.05, 4.69) is 10.6 Å². The number of hydrogen-bond donors (Lipinski definition) is 3. The van der Waals surface area contributed by atoms with Crippen molar-refractivity contribution in [2.45, 2.75) is 18.5 Å². The second-order valence-electron chi connectivity index (χ2n) is 2.47. The molecule has 3 N–H and O–H groups in total. The SMILES string of the molecule is CC(=O)NC1NC(C(=O)O)CS1. The van der Waals surface area contributed by atoms with E-state index >= 15 is 0 Å². The number of carbonyl (C=O) groups is 2. The molecule has 0 bridgehead atoms. The molecule has 0 aromatic carbocycles. The predicted octanol–water partition coefficient (Wildman–Crippen LogP) is -0.804. The lowest BCUT2D eigenvalue weighted by molar-refractivity contribution is -0.138. The van der Waals surface area contributed by atoms with Crippen molar-refractivity contribution in [2.24, 2.45) is 0 Å². The molecule has 5 nitrogen and oxygen atoms in total. The van der Waals surface area contributed by atoms with Crippen LogP contribution in [0, 0.1) is 0 Å². The van der Waals surface area contributed by atoms with Crippen LogP contribution in [-0.4, -0.2) is 34.3 Å². The Hall–Kier alpha value is -0.750. The molecule has 0 saturated carbocycles. The van der Waals surface area contributed by atoms with Gasteiger partial charge in [-0.3, -0.25) is 14.9 Å². The van der Waals surface area contributed by atoms with E-state index in [9.17, 15) is 9.59 Å². The highest BCUT2D eigenvalue weighted by atomic mass is 32.2. The molecule has 1 aliphatic heterocycles. The third-order valence-corrected chi connectivity index (χ3v) is 2.53. The molecule has 0 radical (unpaired) electrons. The minimum absolute atomic E-state index is 0.161. The first-order valence-electron chi connectivity index (χ1n) is 3.47. The molecule has 0 aromatic heterocycles. The Morgan fingerprint density at radius 2 is 2.33 bits per heavy atom. The highest BCUT2D eigenvalue weighted by Gasteiger charge is 2.29. The van der Waals surface area contributed by atoms with Gasteiger partial charge in [-0.2, -0.15) is 0 Å².